The van der Waals surface area contributed by atoms with Crippen molar-refractivity contribution in [3.05, 3.63) is 20.8 Å². The zero-order valence-corrected chi connectivity index (χ0v) is 17.0. The van der Waals surface area contributed by atoms with Crippen LogP contribution in [0.4, 0.5) is 4.79 Å². The number of carbonyl (C=O) groups excluding carboxylic acids is 2. The summed E-state index contributed by atoms with van der Waals surface area (Å²) in [6, 6.07) is 4.25. The van der Waals surface area contributed by atoms with Crippen molar-refractivity contribution in [3.63, 3.8) is 0 Å². The zero-order chi connectivity index (χ0) is 18.1. The van der Waals surface area contributed by atoms with Gasteiger partial charge in [-0.15, -0.1) is 11.3 Å². The number of carbonyl (C=O) groups is 2. The Morgan fingerprint density at radius 1 is 1.20 bits per heavy atom. The van der Waals surface area contributed by atoms with E-state index in [-0.39, 0.29) is 12.0 Å². The van der Waals surface area contributed by atoms with Crippen LogP contribution in [0.3, 0.4) is 0 Å². The minimum atomic E-state index is -0.170. The van der Waals surface area contributed by atoms with Crippen LogP contribution in [0, 0.1) is 0 Å². The molecular formula is C17H26BrN3O3S. The lowest BCUT2D eigenvalue weighted by Gasteiger charge is -2.34. The van der Waals surface area contributed by atoms with E-state index in [1.807, 2.05) is 4.90 Å². The van der Waals surface area contributed by atoms with Crippen LogP contribution in [-0.4, -0.2) is 61.6 Å². The normalized spacial score (nSPS) is 15.2. The number of methoxy groups -OCH3 is 1. The van der Waals surface area contributed by atoms with Gasteiger partial charge in [-0.25, -0.2) is 4.79 Å². The molecule has 6 nitrogen and oxygen atoms in total. The highest BCUT2D eigenvalue weighted by Crippen LogP contribution is 2.23. The Balaban J connectivity index is 1.55. The number of urea groups is 1. The SMILES string of the molecule is COC(=O)CCCCCNC(=O)N1CCN(Cc2ccc(Br)s2)CC1. The average Bonchev–Trinajstić information content (AvgIpc) is 3.03. The molecule has 0 saturated carbocycles. The molecule has 1 N–H and O–H groups in total. The molecule has 8 heteroatoms. The van der Waals surface area contributed by atoms with Crippen molar-refractivity contribution in [2.24, 2.45) is 0 Å². The minimum absolute atomic E-state index is 0.0199. The first-order valence-corrected chi connectivity index (χ1v) is 10.3. The van der Waals surface area contributed by atoms with Gasteiger partial charge in [0.05, 0.1) is 10.9 Å². The number of thiophene rings is 1. The standard InChI is InChI=1S/C17H26BrN3O3S/c1-24-16(22)5-3-2-4-8-19-17(23)21-11-9-20(10-12-21)13-14-6-7-15(18)25-14/h6-7H,2-5,8-13H2,1H3,(H,19,23). The maximum atomic E-state index is 12.2. The summed E-state index contributed by atoms with van der Waals surface area (Å²) in [5.41, 5.74) is 0. The second kappa shape index (κ2) is 10.8. The highest BCUT2D eigenvalue weighted by Gasteiger charge is 2.21. The summed E-state index contributed by atoms with van der Waals surface area (Å²) in [7, 11) is 1.40. The van der Waals surface area contributed by atoms with E-state index < -0.39 is 0 Å². The third kappa shape index (κ3) is 7.33. The maximum Gasteiger partial charge on any atom is 0.317 e. The van der Waals surface area contributed by atoms with E-state index in [0.29, 0.717) is 13.0 Å². The Hall–Kier alpha value is -1.12. The lowest BCUT2D eigenvalue weighted by molar-refractivity contribution is -0.140. The molecule has 25 heavy (non-hydrogen) atoms. The average molecular weight is 432 g/mol. The molecule has 0 unspecified atom stereocenters. The molecule has 0 radical (unpaired) electrons. The maximum absolute atomic E-state index is 12.2. The first kappa shape index (κ1) is 20.2. The van der Waals surface area contributed by atoms with Crippen molar-refractivity contribution >= 4 is 39.3 Å². The van der Waals surface area contributed by atoms with Gasteiger partial charge in [0.15, 0.2) is 0 Å². The van der Waals surface area contributed by atoms with Gasteiger partial charge in [0.2, 0.25) is 0 Å². The smallest absolute Gasteiger partial charge is 0.317 e. The molecule has 1 saturated heterocycles. The predicted molar refractivity (Wildman–Crippen MR) is 103 cm³/mol. The quantitative estimate of drug-likeness (QED) is 0.507. The van der Waals surface area contributed by atoms with Crippen LogP contribution in [0.15, 0.2) is 15.9 Å². The molecule has 1 aromatic rings. The third-order valence-electron chi connectivity index (χ3n) is 4.23. The summed E-state index contributed by atoms with van der Waals surface area (Å²) in [4.78, 5) is 28.8. The van der Waals surface area contributed by atoms with E-state index in [0.717, 1.165) is 55.8 Å². The third-order valence-corrected chi connectivity index (χ3v) is 5.84. The number of ether oxygens (including phenoxy) is 1. The molecule has 0 aliphatic carbocycles. The Bertz CT molecular complexity index is 559. The fourth-order valence-corrected chi connectivity index (χ4v) is 4.27. The molecule has 1 fully saturated rings. The van der Waals surface area contributed by atoms with Gasteiger partial charge in [0.25, 0.3) is 0 Å². The number of piperazine rings is 1. The van der Waals surface area contributed by atoms with E-state index in [4.69, 9.17) is 0 Å². The lowest BCUT2D eigenvalue weighted by atomic mass is 10.2. The summed E-state index contributed by atoms with van der Waals surface area (Å²) >= 11 is 5.25. The molecule has 1 aliphatic heterocycles. The van der Waals surface area contributed by atoms with Crippen LogP contribution in [-0.2, 0) is 16.1 Å². The first-order valence-electron chi connectivity index (χ1n) is 8.64. The van der Waals surface area contributed by atoms with Crippen molar-refractivity contribution in [3.8, 4) is 0 Å². The number of nitrogens with zero attached hydrogens (tertiary/aromatic N) is 2. The van der Waals surface area contributed by atoms with Crippen molar-refractivity contribution in [1.82, 2.24) is 15.1 Å². The number of unbranched alkanes of at least 4 members (excludes halogenated alkanes) is 2. The highest BCUT2D eigenvalue weighted by atomic mass is 79.9. The summed E-state index contributed by atoms with van der Waals surface area (Å²) in [6.45, 7) is 4.95. The Morgan fingerprint density at radius 2 is 1.96 bits per heavy atom. The van der Waals surface area contributed by atoms with Gasteiger partial charge in [-0.1, -0.05) is 6.42 Å². The van der Waals surface area contributed by atoms with Crippen LogP contribution in [0.25, 0.3) is 0 Å². The molecule has 2 rings (SSSR count). The predicted octanol–water partition coefficient (Wildman–Crippen LogP) is 3.07. The molecule has 2 amide bonds. The molecule has 2 heterocycles. The zero-order valence-electron chi connectivity index (χ0n) is 14.6. The number of esters is 1. The van der Waals surface area contributed by atoms with Crippen molar-refractivity contribution in [2.45, 2.75) is 32.2 Å². The summed E-state index contributed by atoms with van der Waals surface area (Å²) in [6.07, 6.45) is 3.06. The molecule has 0 spiro atoms. The fourth-order valence-electron chi connectivity index (χ4n) is 2.75. The topological polar surface area (TPSA) is 61.9 Å². The molecule has 1 aliphatic rings. The van der Waals surface area contributed by atoms with Gasteiger partial charge in [-0.2, -0.15) is 0 Å². The lowest BCUT2D eigenvalue weighted by Crippen LogP contribution is -2.51. The fraction of sp³-hybridized carbons (Fsp3) is 0.647. The van der Waals surface area contributed by atoms with Crippen LogP contribution < -0.4 is 5.32 Å². The van der Waals surface area contributed by atoms with Gasteiger partial charge in [0.1, 0.15) is 0 Å². The van der Waals surface area contributed by atoms with E-state index >= 15 is 0 Å². The molecule has 0 aromatic carbocycles. The second-order valence-electron chi connectivity index (χ2n) is 6.09. The minimum Gasteiger partial charge on any atom is -0.469 e. The van der Waals surface area contributed by atoms with Crippen LogP contribution in [0.1, 0.15) is 30.6 Å². The highest BCUT2D eigenvalue weighted by molar-refractivity contribution is 9.11. The summed E-state index contributed by atoms with van der Waals surface area (Å²) in [5.74, 6) is -0.170. The van der Waals surface area contributed by atoms with Crippen LogP contribution >= 0.6 is 27.3 Å². The van der Waals surface area contributed by atoms with Crippen LogP contribution in [0.2, 0.25) is 0 Å². The largest absolute Gasteiger partial charge is 0.469 e. The first-order chi connectivity index (χ1) is 12.1. The van der Waals surface area contributed by atoms with Gasteiger partial charge in [-0.05, 0) is 40.9 Å². The molecule has 1 aromatic heterocycles. The van der Waals surface area contributed by atoms with Gasteiger partial charge >= 0.3 is 12.0 Å². The number of amides is 2. The number of nitrogens with one attached hydrogen (secondary N) is 1. The molecule has 140 valence electrons. The summed E-state index contributed by atoms with van der Waals surface area (Å²) in [5, 5.41) is 2.97. The molecule has 0 bridgehead atoms. The van der Waals surface area contributed by atoms with Crippen molar-refractivity contribution in [1.29, 1.82) is 0 Å². The second-order valence-corrected chi connectivity index (χ2v) is 8.64. The Morgan fingerprint density at radius 3 is 2.60 bits per heavy atom. The number of hydrogen-bond acceptors (Lipinski definition) is 5. The summed E-state index contributed by atoms with van der Waals surface area (Å²) < 4.78 is 5.76. The van der Waals surface area contributed by atoms with Gasteiger partial charge in [0, 0.05) is 50.6 Å². The number of hydrogen-bond donors (Lipinski definition) is 1. The van der Waals surface area contributed by atoms with Crippen molar-refractivity contribution < 1.29 is 14.3 Å². The van der Waals surface area contributed by atoms with E-state index in [2.05, 4.69) is 43.0 Å². The van der Waals surface area contributed by atoms with E-state index in [1.54, 1.807) is 11.3 Å². The van der Waals surface area contributed by atoms with Crippen molar-refractivity contribution in [2.75, 3.05) is 39.8 Å². The molecule has 0 atom stereocenters. The van der Waals surface area contributed by atoms with Gasteiger partial charge < -0.3 is 15.0 Å². The van der Waals surface area contributed by atoms with Crippen LogP contribution in [0.5, 0.6) is 0 Å². The number of rotatable bonds is 8. The van der Waals surface area contributed by atoms with E-state index in [1.165, 1.54) is 12.0 Å². The molecular weight excluding hydrogens is 406 g/mol. The Labute approximate surface area is 161 Å². The monoisotopic (exact) mass is 431 g/mol. The van der Waals surface area contributed by atoms with Gasteiger partial charge in [-0.3, -0.25) is 9.69 Å². The van der Waals surface area contributed by atoms with E-state index in [9.17, 15) is 9.59 Å². The number of halogens is 1. The Kier molecular flexibility index (Phi) is 8.71.